The van der Waals surface area contributed by atoms with Crippen molar-refractivity contribution >= 4 is 0 Å². The molecule has 20 heavy (non-hydrogen) atoms. The summed E-state index contributed by atoms with van der Waals surface area (Å²) in [4.78, 5) is 5.35. The van der Waals surface area contributed by atoms with E-state index in [0.29, 0.717) is 17.0 Å². The van der Waals surface area contributed by atoms with E-state index in [1.54, 1.807) is 0 Å². The Hall–Kier alpha value is -0.120. The molecule has 0 saturated carbocycles. The molecule has 3 aliphatic rings. The van der Waals surface area contributed by atoms with Crippen LogP contribution in [0.2, 0.25) is 0 Å². The molecule has 3 nitrogen and oxygen atoms in total. The van der Waals surface area contributed by atoms with Crippen molar-refractivity contribution in [2.24, 2.45) is 11.3 Å². The van der Waals surface area contributed by atoms with Crippen LogP contribution in [0, 0.1) is 11.3 Å². The van der Waals surface area contributed by atoms with Crippen LogP contribution in [-0.4, -0.2) is 60.8 Å². The molecule has 0 radical (unpaired) electrons. The smallest absolute Gasteiger partial charge is 0.0547 e. The van der Waals surface area contributed by atoms with Gasteiger partial charge in [-0.1, -0.05) is 0 Å². The summed E-state index contributed by atoms with van der Waals surface area (Å²) in [6.45, 7) is 16.7. The Kier molecular flexibility index (Phi) is 3.89. The molecular formula is C17H32N2O. The first-order valence-corrected chi connectivity index (χ1v) is 8.47. The van der Waals surface area contributed by atoms with Crippen LogP contribution in [-0.2, 0) is 4.74 Å². The van der Waals surface area contributed by atoms with Crippen LogP contribution in [0.3, 0.4) is 0 Å². The van der Waals surface area contributed by atoms with E-state index in [2.05, 4.69) is 37.5 Å². The molecule has 0 aliphatic carbocycles. The lowest BCUT2D eigenvalue weighted by atomic mass is 9.74. The van der Waals surface area contributed by atoms with Gasteiger partial charge in [0.05, 0.1) is 6.61 Å². The molecule has 0 bridgehead atoms. The highest BCUT2D eigenvalue weighted by Crippen LogP contribution is 2.43. The summed E-state index contributed by atoms with van der Waals surface area (Å²) in [5, 5.41) is 0. The third kappa shape index (κ3) is 2.77. The molecule has 3 fully saturated rings. The van der Waals surface area contributed by atoms with Gasteiger partial charge in [0.1, 0.15) is 0 Å². The molecule has 1 spiro atoms. The first-order chi connectivity index (χ1) is 9.40. The molecule has 1 atom stereocenters. The standard InChI is InChI=1S/C17H32N2O/c1-14(2)18-7-5-15(10-18)9-16(3,4)19-11-17(12-19)6-8-20-13-17/h14-15H,5-13H2,1-4H3. The summed E-state index contributed by atoms with van der Waals surface area (Å²) < 4.78 is 5.60. The van der Waals surface area contributed by atoms with Crippen LogP contribution in [0.4, 0.5) is 0 Å². The second kappa shape index (κ2) is 5.26. The molecule has 1 unspecified atom stereocenters. The average molecular weight is 280 g/mol. The van der Waals surface area contributed by atoms with Crippen LogP contribution in [0.1, 0.15) is 47.0 Å². The number of nitrogens with zero attached hydrogens (tertiary/aromatic N) is 2. The molecule has 0 aromatic carbocycles. The van der Waals surface area contributed by atoms with E-state index in [9.17, 15) is 0 Å². The molecule has 3 saturated heterocycles. The number of rotatable bonds is 4. The fourth-order valence-corrected chi connectivity index (χ4v) is 4.42. The van der Waals surface area contributed by atoms with Gasteiger partial charge < -0.3 is 9.64 Å². The molecule has 3 aliphatic heterocycles. The normalized spacial score (nSPS) is 31.4. The van der Waals surface area contributed by atoms with Crippen LogP contribution < -0.4 is 0 Å². The van der Waals surface area contributed by atoms with Gasteiger partial charge in [0.2, 0.25) is 0 Å². The Morgan fingerprint density at radius 1 is 1.30 bits per heavy atom. The zero-order chi connectivity index (χ0) is 14.4. The zero-order valence-electron chi connectivity index (χ0n) is 13.8. The lowest BCUT2D eigenvalue weighted by Crippen LogP contribution is -2.64. The SMILES string of the molecule is CC(C)N1CCC(CC(C)(C)N2CC3(CCOC3)C2)C1. The monoisotopic (exact) mass is 280 g/mol. The second-order valence-electron chi connectivity index (χ2n) is 8.42. The van der Waals surface area contributed by atoms with Crippen molar-refractivity contribution < 1.29 is 4.74 Å². The predicted molar refractivity (Wildman–Crippen MR) is 83.0 cm³/mol. The lowest BCUT2D eigenvalue weighted by Gasteiger charge is -2.55. The molecule has 3 rings (SSSR count). The average Bonchev–Trinajstić information content (AvgIpc) is 2.93. The number of hydrogen-bond donors (Lipinski definition) is 0. The number of hydrogen-bond acceptors (Lipinski definition) is 3. The van der Waals surface area contributed by atoms with Crippen molar-refractivity contribution in [3.05, 3.63) is 0 Å². The van der Waals surface area contributed by atoms with E-state index in [-0.39, 0.29) is 0 Å². The molecule has 0 aromatic rings. The second-order valence-corrected chi connectivity index (χ2v) is 8.42. The lowest BCUT2D eigenvalue weighted by molar-refractivity contribution is -0.0748. The van der Waals surface area contributed by atoms with Gasteiger partial charge in [-0.15, -0.1) is 0 Å². The summed E-state index contributed by atoms with van der Waals surface area (Å²) in [5.41, 5.74) is 0.891. The van der Waals surface area contributed by atoms with Gasteiger partial charge in [-0.25, -0.2) is 0 Å². The van der Waals surface area contributed by atoms with Crippen LogP contribution in [0.15, 0.2) is 0 Å². The molecule has 0 amide bonds. The van der Waals surface area contributed by atoms with Crippen molar-refractivity contribution in [2.45, 2.75) is 58.5 Å². The summed E-state index contributed by atoms with van der Waals surface area (Å²) in [6.07, 6.45) is 4.03. The Morgan fingerprint density at radius 2 is 2.05 bits per heavy atom. The molecule has 3 heteroatoms. The topological polar surface area (TPSA) is 15.7 Å². The molecule has 0 N–H and O–H groups in total. The van der Waals surface area contributed by atoms with Crippen LogP contribution in [0.5, 0.6) is 0 Å². The maximum absolute atomic E-state index is 5.60. The highest BCUT2D eigenvalue weighted by Gasteiger charge is 2.50. The fourth-order valence-electron chi connectivity index (χ4n) is 4.42. The van der Waals surface area contributed by atoms with Crippen molar-refractivity contribution in [2.75, 3.05) is 39.4 Å². The minimum absolute atomic E-state index is 0.367. The summed E-state index contributed by atoms with van der Waals surface area (Å²) in [5.74, 6) is 0.892. The van der Waals surface area contributed by atoms with E-state index in [1.165, 1.54) is 45.4 Å². The highest BCUT2D eigenvalue weighted by atomic mass is 16.5. The number of ether oxygens (including phenoxy) is 1. The van der Waals surface area contributed by atoms with E-state index in [1.807, 2.05) is 0 Å². The van der Waals surface area contributed by atoms with Crippen LogP contribution in [0.25, 0.3) is 0 Å². The van der Waals surface area contributed by atoms with E-state index >= 15 is 0 Å². The van der Waals surface area contributed by atoms with Crippen molar-refractivity contribution in [3.63, 3.8) is 0 Å². The van der Waals surface area contributed by atoms with Crippen molar-refractivity contribution in [3.8, 4) is 0 Å². The minimum atomic E-state index is 0.367. The first-order valence-electron chi connectivity index (χ1n) is 8.47. The van der Waals surface area contributed by atoms with Crippen molar-refractivity contribution in [1.82, 2.24) is 9.80 Å². The molecule has 116 valence electrons. The van der Waals surface area contributed by atoms with Gasteiger partial charge >= 0.3 is 0 Å². The predicted octanol–water partition coefficient (Wildman–Crippen LogP) is 2.61. The third-order valence-electron chi connectivity index (χ3n) is 5.93. The molecule has 0 aromatic heterocycles. The fraction of sp³-hybridized carbons (Fsp3) is 1.00. The Labute approximate surface area is 124 Å². The zero-order valence-corrected chi connectivity index (χ0v) is 13.8. The summed E-state index contributed by atoms with van der Waals surface area (Å²) in [6, 6.07) is 0.714. The van der Waals surface area contributed by atoms with Gasteiger partial charge in [-0.05, 0) is 59.4 Å². The third-order valence-corrected chi connectivity index (χ3v) is 5.93. The molecular weight excluding hydrogens is 248 g/mol. The van der Waals surface area contributed by atoms with Gasteiger partial charge in [0, 0.05) is 43.2 Å². The Morgan fingerprint density at radius 3 is 2.60 bits per heavy atom. The van der Waals surface area contributed by atoms with Gasteiger partial charge in [0.15, 0.2) is 0 Å². The summed E-state index contributed by atoms with van der Waals surface area (Å²) in [7, 11) is 0. The minimum Gasteiger partial charge on any atom is -0.381 e. The largest absolute Gasteiger partial charge is 0.381 e. The maximum Gasteiger partial charge on any atom is 0.0547 e. The van der Waals surface area contributed by atoms with Crippen molar-refractivity contribution in [1.29, 1.82) is 0 Å². The maximum atomic E-state index is 5.60. The van der Waals surface area contributed by atoms with Crippen LogP contribution >= 0.6 is 0 Å². The van der Waals surface area contributed by atoms with Gasteiger partial charge in [0.25, 0.3) is 0 Å². The van der Waals surface area contributed by atoms with E-state index < -0.39 is 0 Å². The highest BCUT2D eigenvalue weighted by molar-refractivity contribution is 5.03. The Balaban J connectivity index is 1.50. The van der Waals surface area contributed by atoms with Gasteiger partial charge in [-0.3, -0.25) is 4.90 Å². The van der Waals surface area contributed by atoms with E-state index in [0.717, 1.165) is 19.1 Å². The number of likely N-dealkylation sites (tertiary alicyclic amines) is 2. The Bertz CT molecular complexity index is 339. The van der Waals surface area contributed by atoms with E-state index in [4.69, 9.17) is 4.74 Å². The molecule has 3 heterocycles. The first kappa shape index (κ1) is 14.8. The summed E-state index contributed by atoms with van der Waals surface area (Å²) >= 11 is 0. The quantitative estimate of drug-likeness (QED) is 0.787. The van der Waals surface area contributed by atoms with Gasteiger partial charge in [-0.2, -0.15) is 0 Å².